The van der Waals surface area contributed by atoms with Crippen molar-refractivity contribution in [1.82, 2.24) is 9.97 Å². The first-order valence-electron chi connectivity index (χ1n) is 6.57. The molecule has 1 aromatic heterocycles. The molecule has 0 amide bonds. The molecule has 0 unspecified atom stereocenters. The monoisotopic (exact) mass is 282 g/mol. The molecule has 6 nitrogen and oxygen atoms in total. The fourth-order valence-electron chi connectivity index (χ4n) is 2.07. The van der Waals surface area contributed by atoms with Gasteiger partial charge < -0.3 is 14.4 Å². The van der Waals surface area contributed by atoms with Crippen LogP contribution in [0.15, 0.2) is 36.5 Å². The summed E-state index contributed by atoms with van der Waals surface area (Å²) in [6.45, 7) is 1.46. The number of ether oxygens (including phenoxy) is 2. The van der Waals surface area contributed by atoms with E-state index in [4.69, 9.17) is 14.7 Å². The highest BCUT2D eigenvalue weighted by Crippen LogP contribution is 2.22. The van der Waals surface area contributed by atoms with Crippen molar-refractivity contribution >= 4 is 5.95 Å². The Kier molecular flexibility index (Phi) is 3.56. The van der Waals surface area contributed by atoms with Gasteiger partial charge in [0.25, 0.3) is 0 Å². The Labute approximate surface area is 122 Å². The summed E-state index contributed by atoms with van der Waals surface area (Å²) in [6, 6.07) is 10.9. The number of hydrogen-bond donors (Lipinski definition) is 0. The minimum absolute atomic E-state index is 0.104. The molecule has 1 saturated heterocycles. The fraction of sp³-hybridized carbons (Fsp3) is 0.267. The van der Waals surface area contributed by atoms with Gasteiger partial charge in [0.2, 0.25) is 11.8 Å². The quantitative estimate of drug-likeness (QED) is 0.848. The molecule has 2 aromatic rings. The summed E-state index contributed by atoms with van der Waals surface area (Å²) in [5.74, 6) is 1.97. The molecule has 1 aliphatic rings. The maximum Gasteiger partial charge on any atom is 0.228 e. The lowest BCUT2D eigenvalue weighted by Gasteiger charge is -2.38. The highest BCUT2D eigenvalue weighted by molar-refractivity contribution is 5.38. The van der Waals surface area contributed by atoms with Crippen molar-refractivity contribution in [3.63, 3.8) is 0 Å². The van der Waals surface area contributed by atoms with Gasteiger partial charge in [0, 0.05) is 12.3 Å². The van der Waals surface area contributed by atoms with E-state index in [0.29, 0.717) is 17.4 Å². The molecular weight excluding hydrogens is 268 g/mol. The molecule has 0 atom stereocenters. The third-order valence-corrected chi connectivity index (χ3v) is 3.24. The largest absolute Gasteiger partial charge is 0.487 e. The van der Waals surface area contributed by atoms with E-state index in [1.807, 2.05) is 17.0 Å². The van der Waals surface area contributed by atoms with Gasteiger partial charge in [-0.3, -0.25) is 0 Å². The molecule has 1 aromatic carbocycles. The van der Waals surface area contributed by atoms with Crippen LogP contribution < -0.4 is 14.4 Å². The van der Waals surface area contributed by atoms with Crippen LogP contribution in [-0.4, -0.2) is 36.3 Å². The number of rotatable bonds is 4. The third kappa shape index (κ3) is 2.87. The van der Waals surface area contributed by atoms with E-state index in [-0.39, 0.29) is 6.10 Å². The lowest BCUT2D eigenvalue weighted by molar-refractivity contribution is 0.166. The summed E-state index contributed by atoms with van der Waals surface area (Å²) >= 11 is 0. The number of anilines is 1. The lowest BCUT2D eigenvalue weighted by atomic mass is 10.1. The molecule has 6 heteroatoms. The molecule has 1 aliphatic heterocycles. The first-order valence-corrected chi connectivity index (χ1v) is 6.57. The predicted octanol–water partition coefficient (Wildman–Crippen LogP) is 1.62. The number of aromatic nitrogens is 2. The van der Waals surface area contributed by atoms with E-state index in [9.17, 15) is 0 Å². The van der Waals surface area contributed by atoms with Crippen molar-refractivity contribution in [2.45, 2.75) is 6.10 Å². The summed E-state index contributed by atoms with van der Waals surface area (Å²) in [5.41, 5.74) is 0.627. The SMILES string of the molecule is COc1ccnc(N2CC(Oc3ccc(C#N)cc3)C2)n1. The normalized spacial score (nSPS) is 14.2. The molecular formula is C15H14N4O2. The van der Waals surface area contributed by atoms with Crippen LogP contribution in [-0.2, 0) is 0 Å². The molecule has 0 radical (unpaired) electrons. The van der Waals surface area contributed by atoms with E-state index >= 15 is 0 Å². The molecule has 21 heavy (non-hydrogen) atoms. The van der Waals surface area contributed by atoms with Gasteiger partial charge >= 0.3 is 0 Å². The molecule has 1 fully saturated rings. The number of hydrogen-bond acceptors (Lipinski definition) is 6. The van der Waals surface area contributed by atoms with Gasteiger partial charge in [0.05, 0.1) is 31.8 Å². The summed E-state index contributed by atoms with van der Waals surface area (Å²) < 4.78 is 10.9. The zero-order chi connectivity index (χ0) is 14.7. The zero-order valence-electron chi connectivity index (χ0n) is 11.6. The van der Waals surface area contributed by atoms with Crippen molar-refractivity contribution < 1.29 is 9.47 Å². The number of methoxy groups -OCH3 is 1. The molecule has 0 bridgehead atoms. The topological polar surface area (TPSA) is 71.3 Å². The van der Waals surface area contributed by atoms with E-state index in [2.05, 4.69) is 16.0 Å². The third-order valence-electron chi connectivity index (χ3n) is 3.24. The standard InChI is InChI=1S/C15H14N4O2/c1-20-14-6-7-17-15(18-14)19-9-13(10-19)21-12-4-2-11(8-16)3-5-12/h2-7,13H,9-10H2,1H3. The van der Waals surface area contributed by atoms with Gasteiger partial charge in [-0.05, 0) is 24.3 Å². The first-order chi connectivity index (χ1) is 10.3. The minimum atomic E-state index is 0.104. The minimum Gasteiger partial charge on any atom is -0.487 e. The van der Waals surface area contributed by atoms with Crippen LogP contribution in [0.25, 0.3) is 0 Å². The number of benzene rings is 1. The van der Waals surface area contributed by atoms with Crippen LogP contribution in [0.1, 0.15) is 5.56 Å². The number of nitrogens with zero attached hydrogens (tertiary/aromatic N) is 4. The molecule has 3 rings (SSSR count). The Morgan fingerprint density at radius 1 is 1.24 bits per heavy atom. The van der Waals surface area contributed by atoms with Gasteiger partial charge in [0.15, 0.2) is 0 Å². The molecule has 0 aliphatic carbocycles. The van der Waals surface area contributed by atoms with E-state index in [1.54, 1.807) is 31.5 Å². The molecule has 2 heterocycles. The maximum atomic E-state index is 8.75. The Balaban J connectivity index is 1.56. The fourth-order valence-corrected chi connectivity index (χ4v) is 2.07. The van der Waals surface area contributed by atoms with Crippen LogP contribution >= 0.6 is 0 Å². The van der Waals surface area contributed by atoms with E-state index in [0.717, 1.165) is 18.8 Å². The van der Waals surface area contributed by atoms with Crippen molar-refractivity contribution in [2.24, 2.45) is 0 Å². The summed E-state index contributed by atoms with van der Waals surface area (Å²) in [6.07, 6.45) is 1.78. The average Bonchev–Trinajstić information content (AvgIpc) is 2.51. The molecule has 0 saturated carbocycles. The van der Waals surface area contributed by atoms with Crippen molar-refractivity contribution in [1.29, 1.82) is 5.26 Å². The van der Waals surface area contributed by atoms with Crippen molar-refractivity contribution in [3.05, 3.63) is 42.1 Å². The van der Waals surface area contributed by atoms with Gasteiger partial charge in [-0.15, -0.1) is 0 Å². The summed E-state index contributed by atoms with van der Waals surface area (Å²) in [4.78, 5) is 10.5. The Morgan fingerprint density at radius 3 is 2.67 bits per heavy atom. The Bertz CT molecular complexity index is 660. The van der Waals surface area contributed by atoms with Crippen molar-refractivity contribution in [3.8, 4) is 17.7 Å². The maximum absolute atomic E-state index is 8.75. The highest BCUT2D eigenvalue weighted by atomic mass is 16.5. The van der Waals surface area contributed by atoms with Gasteiger partial charge in [-0.25, -0.2) is 4.98 Å². The smallest absolute Gasteiger partial charge is 0.228 e. The van der Waals surface area contributed by atoms with Crippen LogP contribution in [0.2, 0.25) is 0 Å². The predicted molar refractivity (Wildman–Crippen MR) is 76.4 cm³/mol. The van der Waals surface area contributed by atoms with Crippen LogP contribution in [0.3, 0.4) is 0 Å². The first kappa shape index (κ1) is 13.2. The zero-order valence-corrected chi connectivity index (χ0v) is 11.6. The van der Waals surface area contributed by atoms with Gasteiger partial charge in [0.1, 0.15) is 11.9 Å². The van der Waals surface area contributed by atoms with Gasteiger partial charge in [-0.1, -0.05) is 0 Å². The van der Waals surface area contributed by atoms with Crippen molar-refractivity contribution in [2.75, 3.05) is 25.1 Å². The molecule has 0 N–H and O–H groups in total. The van der Waals surface area contributed by atoms with E-state index < -0.39 is 0 Å². The van der Waals surface area contributed by atoms with Crippen LogP contribution in [0, 0.1) is 11.3 Å². The lowest BCUT2D eigenvalue weighted by Crippen LogP contribution is -2.54. The van der Waals surface area contributed by atoms with E-state index in [1.165, 1.54) is 0 Å². The second kappa shape index (κ2) is 5.67. The number of nitriles is 1. The molecule has 0 spiro atoms. The summed E-state index contributed by atoms with van der Waals surface area (Å²) in [7, 11) is 1.58. The van der Waals surface area contributed by atoms with Crippen LogP contribution in [0.5, 0.6) is 11.6 Å². The van der Waals surface area contributed by atoms with Crippen LogP contribution in [0.4, 0.5) is 5.95 Å². The second-order valence-electron chi connectivity index (χ2n) is 4.68. The Morgan fingerprint density at radius 2 is 2.00 bits per heavy atom. The van der Waals surface area contributed by atoms with Gasteiger partial charge in [-0.2, -0.15) is 10.2 Å². The highest BCUT2D eigenvalue weighted by Gasteiger charge is 2.30. The molecule has 106 valence electrons. The average molecular weight is 282 g/mol. The second-order valence-corrected chi connectivity index (χ2v) is 4.68. The summed E-state index contributed by atoms with van der Waals surface area (Å²) in [5, 5.41) is 8.75. The Hall–Kier alpha value is -2.81.